The first-order valence-electron chi connectivity index (χ1n) is 8.66. The second-order valence-electron chi connectivity index (χ2n) is 6.83. The van der Waals surface area contributed by atoms with Gasteiger partial charge in [-0.05, 0) is 30.2 Å². The van der Waals surface area contributed by atoms with Crippen LogP contribution in [0.15, 0.2) is 53.6 Å². The zero-order valence-corrected chi connectivity index (χ0v) is 15.2. The van der Waals surface area contributed by atoms with E-state index in [0.29, 0.717) is 17.2 Å². The summed E-state index contributed by atoms with van der Waals surface area (Å²) >= 11 is 0. The van der Waals surface area contributed by atoms with Crippen molar-refractivity contribution in [3.63, 3.8) is 0 Å². The van der Waals surface area contributed by atoms with Crippen LogP contribution < -0.4 is 10.9 Å². The zero-order chi connectivity index (χ0) is 19.6. The first-order chi connectivity index (χ1) is 12.8. The quantitative estimate of drug-likeness (QED) is 0.701. The smallest absolute Gasteiger partial charge is 0.323 e. The Balaban J connectivity index is 1.90. The Morgan fingerprint density at radius 2 is 1.89 bits per heavy atom. The van der Waals surface area contributed by atoms with Crippen LogP contribution in [0.25, 0.3) is 10.9 Å². The number of pyridine rings is 1. The molecule has 0 aliphatic heterocycles. The number of carbonyl (C=O) groups is 2. The fourth-order valence-electron chi connectivity index (χ4n) is 3.05. The van der Waals surface area contributed by atoms with Crippen LogP contribution in [0.2, 0.25) is 0 Å². The van der Waals surface area contributed by atoms with Gasteiger partial charge in [0.25, 0.3) is 11.5 Å². The second-order valence-corrected chi connectivity index (χ2v) is 6.83. The van der Waals surface area contributed by atoms with Gasteiger partial charge in [-0.1, -0.05) is 19.9 Å². The lowest BCUT2D eigenvalue weighted by Gasteiger charge is -2.10. The number of amides is 1. The Bertz CT molecular complexity index is 1060. The number of fused-ring (bicyclic) bond motifs is 1. The predicted molar refractivity (Wildman–Crippen MR) is 103 cm³/mol. The molecule has 0 unspecified atom stereocenters. The van der Waals surface area contributed by atoms with E-state index >= 15 is 0 Å². The number of carbonyl (C=O) groups excluding carboxylic acids is 1. The number of hydrogen-bond acceptors (Lipinski definition) is 3. The first-order valence-corrected chi connectivity index (χ1v) is 8.66. The van der Waals surface area contributed by atoms with Crippen molar-refractivity contribution in [1.29, 1.82) is 0 Å². The molecule has 0 aliphatic carbocycles. The van der Waals surface area contributed by atoms with Crippen LogP contribution >= 0.6 is 0 Å². The van der Waals surface area contributed by atoms with Crippen molar-refractivity contribution >= 4 is 28.5 Å². The minimum absolute atomic E-state index is 0.316. The molecule has 1 amide bonds. The van der Waals surface area contributed by atoms with E-state index in [-0.39, 0.29) is 5.91 Å². The van der Waals surface area contributed by atoms with Gasteiger partial charge < -0.3 is 19.6 Å². The number of aliphatic carboxylic acids is 1. The van der Waals surface area contributed by atoms with Gasteiger partial charge in [-0.2, -0.15) is 0 Å². The lowest BCUT2D eigenvalue weighted by Crippen LogP contribution is -2.24. The predicted octanol–water partition coefficient (Wildman–Crippen LogP) is 2.80. The van der Waals surface area contributed by atoms with Gasteiger partial charge in [0.05, 0.1) is 5.69 Å². The molecule has 0 spiro atoms. The Morgan fingerprint density at radius 3 is 2.59 bits per heavy atom. The highest BCUT2D eigenvalue weighted by atomic mass is 16.4. The molecule has 3 aromatic rings. The maximum absolute atomic E-state index is 12.8. The third-order valence-electron chi connectivity index (χ3n) is 4.17. The molecule has 140 valence electrons. The van der Waals surface area contributed by atoms with E-state index in [1.54, 1.807) is 6.07 Å². The number of carboxylic acids is 1. The summed E-state index contributed by atoms with van der Waals surface area (Å²) in [4.78, 5) is 35.3. The van der Waals surface area contributed by atoms with Gasteiger partial charge in [0.1, 0.15) is 6.54 Å². The lowest BCUT2D eigenvalue weighted by atomic mass is 10.1. The minimum Gasteiger partial charge on any atom is -0.480 e. The van der Waals surface area contributed by atoms with Gasteiger partial charge >= 0.3 is 5.97 Å². The van der Waals surface area contributed by atoms with Gasteiger partial charge in [-0.15, -0.1) is 0 Å². The third kappa shape index (κ3) is 4.08. The number of nitrogens with one attached hydrogen (secondary N) is 1. The van der Waals surface area contributed by atoms with Crippen LogP contribution in [0.3, 0.4) is 0 Å². The van der Waals surface area contributed by atoms with Crippen molar-refractivity contribution in [2.24, 2.45) is 5.92 Å². The van der Waals surface area contributed by atoms with E-state index in [1.807, 2.05) is 24.4 Å². The Labute approximate surface area is 155 Å². The number of nitrogens with zero attached hydrogens (tertiary/aromatic N) is 2. The van der Waals surface area contributed by atoms with Crippen LogP contribution in [-0.4, -0.2) is 26.1 Å². The molecule has 7 heteroatoms. The maximum Gasteiger partial charge on any atom is 0.323 e. The highest BCUT2D eigenvalue weighted by Gasteiger charge is 2.14. The van der Waals surface area contributed by atoms with Gasteiger partial charge in [0, 0.05) is 41.5 Å². The van der Waals surface area contributed by atoms with E-state index in [4.69, 9.17) is 5.11 Å². The fourth-order valence-corrected chi connectivity index (χ4v) is 3.05. The van der Waals surface area contributed by atoms with Crippen LogP contribution in [0, 0.1) is 5.92 Å². The second kappa shape index (κ2) is 7.49. The average Bonchev–Trinajstić information content (AvgIpc) is 2.99. The largest absolute Gasteiger partial charge is 0.480 e. The first kappa shape index (κ1) is 18.4. The summed E-state index contributed by atoms with van der Waals surface area (Å²) in [6.45, 7) is 4.66. The summed E-state index contributed by atoms with van der Waals surface area (Å²) in [7, 11) is 0. The molecule has 7 nitrogen and oxygen atoms in total. The average molecular weight is 367 g/mol. The van der Waals surface area contributed by atoms with Gasteiger partial charge in [-0.3, -0.25) is 14.4 Å². The molecule has 27 heavy (non-hydrogen) atoms. The number of carboxylic acid groups (broad SMARTS) is 1. The van der Waals surface area contributed by atoms with E-state index in [2.05, 4.69) is 23.7 Å². The third-order valence-corrected chi connectivity index (χ3v) is 4.17. The molecule has 0 radical (unpaired) electrons. The monoisotopic (exact) mass is 367 g/mol. The molecule has 2 N–H and O–H groups in total. The highest BCUT2D eigenvalue weighted by molar-refractivity contribution is 6.12. The lowest BCUT2D eigenvalue weighted by molar-refractivity contribution is -0.137. The molecular weight excluding hydrogens is 346 g/mol. The van der Waals surface area contributed by atoms with Crippen molar-refractivity contribution in [3.05, 3.63) is 64.7 Å². The topological polar surface area (TPSA) is 93.3 Å². The van der Waals surface area contributed by atoms with Gasteiger partial charge in [0.2, 0.25) is 0 Å². The van der Waals surface area contributed by atoms with Gasteiger partial charge in [-0.25, -0.2) is 0 Å². The number of anilines is 1. The number of aromatic nitrogens is 2. The van der Waals surface area contributed by atoms with Crippen LogP contribution in [-0.2, 0) is 17.9 Å². The minimum atomic E-state index is -1.13. The number of rotatable bonds is 6. The van der Waals surface area contributed by atoms with E-state index in [1.165, 1.54) is 18.3 Å². The van der Waals surface area contributed by atoms with E-state index in [0.717, 1.165) is 22.0 Å². The number of benzene rings is 1. The SMILES string of the molecule is CC(C)Cn1ccc2c(C(=O)Nc3ccc(=O)n(CC(=O)O)c3)cccc21. The Hall–Kier alpha value is -3.35. The molecule has 0 fully saturated rings. The molecule has 0 atom stereocenters. The normalized spacial score (nSPS) is 11.1. The summed E-state index contributed by atoms with van der Waals surface area (Å²) in [6, 6.07) is 10.2. The van der Waals surface area contributed by atoms with Crippen molar-refractivity contribution in [2.45, 2.75) is 26.9 Å². The summed E-state index contributed by atoms with van der Waals surface area (Å²) in [6.07, 6.45) is 3.30. The molecule has 2 aromatic heterocycles. The standard InChI is InChI=1S/C20H21N3O4/c1-13(2)10-22-9-8-15-16(4-3-5-17(15)22)20(27)21-14-6-7-18(24)23(11-14)12-19(25)26/h3-9,11,13H,10,12H2,1-2H3,(H,21,27)(H,25,26). The summed E-state index contributed by atoms with van der Waals surface area (Å²) in [5, 5.41) is 12.5. The molecule has 0 bridgehead atoms. The Kier molecular flexibility index (Phi) is 5.12. The maximum atomic E-state index is 12.8. The molecule has 0 saturated heterocycles. The molecule has 3 rings (SSSR count). The Morgan fingerprint density at radius 1 is 1.11 bits per heavy atom. The summed E-state index contributed by atoms with van der Waals surface area (Å²) < 4.78 is 3.15. The van der Waals surface area contributed by atoms with E-state index < -0.39 is 18.1 Å². The molecule has 2 heterocycles. The summed E-state index contributed by atoms with van der Waals surface area (Å²) in [5.74, 6) is -0.964. The van der Waals surface area contributed by atoms with Gasteiger partial charge in [0.15, 0.2) is 0 Å². The molecular formula is C20H21N3O4. The fraction of sp³-hybridized carbons (Fsp3) is 0.250. The van der Waals surface area contributed by atoms with Crippen LogP contribution in [0.1, 0.15) is 24.2 Å². The van der Waals surface area contributed by atoms with Crippen molar-refractivity contribution in [1.82, 2.24) is 9.13 Å². The van der Waals surface area contributed by atoms with Crippen molar-refractivity contribution in [3.8, 4) is 0 Å². The summed E-state index contributed by atoms with van der Waals surface area (Å²) in [5.41, 5.74) is 1.42. The molecule has 0 aliphatic rings. The van der Waals surface area contributed by atoms with Crippen molar-refractivity contribution in [2.75, 3.05) is 5.32 Å². The molecule has 1 aromatic carbocycles. The van der Waals surface area contributed by atoms with E-state index in [9.17, 15) is 14.4 Å². The van der Waals surface area contributed by atoms with Crippen molar-refractivity contribution < 1.29 is 14.7 Å². The van der Waals surface area contributed by atoms with Crippen LogP contribution in [0.5, 0.6) is 0 Å². The highest BCUT2D eigenvalue weighted by Crippen LogP contribution is 2.22. The molecule has 0 saturated carbocycles. The number of hydrogen-bond donors (Lipinski definition) is 2. The zero-order valence-electron chi connectivity index (χ0n) is 15.2. The van der Waals surface area contributed by atoms with Crippen LogP contribution in [0.4, 0.5) is 5.69 Å².